The highest BCUT2D eigenvalue weighted by molar-refractivity contribution is 5.78. The Labute approximate surface area is 125 Å². The zero-order chi connectivity index (χ0) is 15.1. The summed E-state index contributed by atoms with van der Waals surface area (Å²) in [5, 5.41) is 6.20. The minimum Gasteiger partial charge on any atom is -0.489 e. The number of carbonyl (C=O) groups excluding carboxylic acids is 1. The lowest BCUT2D eigenvalue weighted by atomic mass is 9.97. The summed E-state index contributed by atoms with van der Waals surface area (Å²) in [6, 6.07) is 6.08. The quantitative estimate of drug-likeness (QED) is 0.845. The van der Waals surface area contributed by atoms with Crippen molar-refractivity contribution >= 4 is 5.91 Å². The van der Waals surface area contributed by atoms with Crippen molar-refractivity contribution in [1.82, 2.24) is 10.6 Å². The normalized spacial score (nSPS) is 17.2. The Kier molecular flexibility index (Phi) is 5.99. The first-order valence-corrected chi connectivity index (χ1v) is 7.59. The van der Waals surface area contributed by atoms with Gasteiger partial charge in [0.2, 0.25) is 5.91 Å². The predicted octanol–water partition coefficient (Wildman–Crippen LogP) is 2.10. The van der Waals surface area contributed by atoms with E-state index in [-0.39, 0.29) is 23.7 Å². The highest BCUT2D eigenvalue weighted by Gasteiger charge is 2.21. The molecule has 4 nitrogen and oxygen atoms in total. The van der Waals surface area contributed by atoms with E-state index in [4.69, 9.17) is 4.74 Å². The van der Waals surface area contributed by atoms with Crippen molar-refractivity contribution in [3.8, 4) is 5.75 Å². The van der Waals surface area contributed by atoms with Gasteiger partial charge in [0, 0.05) is 12.0 Å². The number of benzene rings is 1. The van der Waals surface area contributed by atoms with E-state index in [1.165, 1.54) is 12.1 Å². The van der Waals surface area contributed by atoms with E-state index in [1.54, 1.807) is 12.1 Å². The number of carbonyl (C=O) groups is 1. The molecule has 0 spiro atoms. The van der Waals surface area contributed by atoms with Gasteiger partial charge in [-0.2, -0.15) is 0 Å². The molecule has 1 aromatic rings. The zero-order valence-electron chi connectivity index (χ0n) is 12.4. The van der Waals surface area contributed by atoms with Crippen LogP contribution in [0, 0.1) is 11.7 Å². The van der Waals surface area contributed by atoms with Crippen LogP contribution in [0.15, 0.2) is 24.3 Å². The lowest BCUT2D eigenvalue weighted by molar-refractivity contribution is -0.126. The molecule has 1 aromatic carbocycles. The molecular formula is C16H23FN2O2. The molecule has 0 saturated carbocycles. The van der Waals surface area contributed by atoms with Crippen molar-refractivity contribution in [3.05, 3.63) is 30.1 Å². The summed E-state index contributed by atoms with van der Waals surface area (Å²) in [5.41, 5.74) is 0. The molecule has 2 N–H and O–H groups in total. The Morgan fingerprint density at radius 1 is 1.48 bits per heavy atom. The third-order valence-corrected chi connectivity index (χ3v) is 3.77. The van der Waals surface area contributed by atoms with Crippen LogP contribution in [0.5, 0.6) is 5.75 Å². The minimum absolute atomic E-state index is 0.0952. The molecule has 0 aliphatic carbocycles. The number of hydrogen-bond acceptors (Lipinski definition) is 3. The zero-order valence-corrected chi connectivity index (χ0v) is 12.4. The Hall–Kier alpha value is -1.62. The highest BCUT2D eigenvalue weighted by Crippen LogP contribution is 2.15. The highest BCUT2D eigenvalue weighted by atomic mass is 19.1. The molecule has 1 aliphatic rings. The van der Waals surface area contributed by atoms with Crippen molar-refractivity contribution < 1.29 is 13.9 Å². The summed E-state index contributed by atoms with van der Waals surface area (Å²) < 4.78 is 18.8. The maximum atomic E-state index is 13.1. The molecule has 1 unspecified atom stereocenters. The topological polar surface area (TPSA) is 50.4 Å². The lowest BCUT2D eigenvalue weighted by Gasteiger charge is -2.23. The van der Waals surface area contributed by atoms with E-state index in [9.17, 15) is 9.18 Å². The molecule has 2 rings (SSSR count). The Morgan fingerprint density at radius 3 is 2.90 bits per heavy atom. The standard InChI is InChI=1S/C16H23FN2O2/c1-2-14(21-15-5-3-4-13(17)10-15)11-19-16(20)12-6-8-18-9-7-12/h3-5,10,12,14,18H,2,6-9,11H2,1H3,(H,19,20). The van der Waals surface area contributed by atoms with Crippen molar-refractivity contribution in [1.29, 1.82) is 0 Å². The Balaban J connectivity index is 1.80. The van der Waals surface area contributed by atoms with Crippen molar-refractivity contribution in [3.63, 3.8) is 0 Å². The van der Waals surface area contributed by atoms with Gasteiger partial charge in [-0.3, -0.25) is 4.79 Å². The molecule has 21 heavy (non-hydrogen) atoms. The van der Waals surface area contributed by atoms with Crippen LogP contribution < -0.4 is 15.4 Å². The van der Waals surface area contributed by atoms with Crippen LogP contribution in [0.1, 0.15) is 26.2 Å². The first-order chi connectivity index (χ1) is 10.2. The molecule has 0 bridgehead atoms. The summed E-state index contributed by atoms with van der Waals surface area (Å²) in [6.45, 7) is 4.24. The molecule has 1 atom stereocenters. The van der Waals surface area contributed by atoms with E-state index in [2.05, 4.69) is 10.6 Å². The van der Waals surface area contributed by atoms with Gasteiger partial charge in [0.15, 0.2) is 0 Å². The molecule has 0 aromatic heterocycles. The minimum atomic E-state index is -0.318. The van der Waals surface area contributed by atoms with E-state index in [1.807, 2.05) is 6.92 Å². The van der Waals surface area contributed by atoms with Crippen LogP contribution in [0.2, 0.25) is 0 Å². The number of amides is 1. The van der Waals surface area contributed by atoms with Gasteiger partial charge in [0.05, 0.1) is 6.54 Å². The first-order valence-electron chi connectivity index (χ1n) is 7.59. The molecule has 1 heterocycles. The van der Waals surface area contributed by atoms with Crippen LogP contribution in [-0.4, -0.2) is 31.6 Å². The van der Waals surface area contributed by atoms with Gasteiger partial charge in [-0.1, -0.05) is 13.0 Å². The molecule has 116 valence electrons. The van der Waals surface area contributed by atoms with Gasteiger partial charge in [-0.25, -0.2) is 4.39 Å². The predicted molar refractivity (Wildman–Crippen MR) is 79.7 cm³/mol. The van der Waals surface area contributed by atoms with E-state index in [0.717, 1.165) is 32.4 Å². The van der Waals surface area contributed by atoms with Gasteiger partial charge in [0.1, 0.15) is 17.7 Å². The second-order valence-corrected chi connectivity index (χ2v) is 5.37. The number of halogens is 1. The number of nitrogens with one attached hydrogen (secondary N) is 2. The maximum Gasteiger partial charge on any atom is 0.223 e. The molecule has 1 amide bonds. The van der Waals surface area contributed by atoms with E-state index in [0.29, 0.717) is 12.3 Å². The fourth-order valence-electron chi connectivity index (χ4n) is 2.44. The summed E-state index contributed by atoms with van der Waals surface area (Å²) in [4.78, 5) is 12.1. The van der Waals surface area contributed by atoms with Crippen LogP contribution in [0.25, 0.3) is 0 Å². The fourth-order valence-corrected chi connectivity index (χ4v) is 2.44. The van der Waals surface area contributed by atoms with Crippen LogP contribution in [-0.2, 0) is 4.79 Å². The van der Waals surface area contributed by atoms with Crippen LogP contribution in [0.3, 0.4) is 0 Å². The molecule has 1 fully saturated rings. The van der Waals surface area contributed by atoms with Gasteiger partial charge in [-0.15, -0.1) is 0 Å². The fraction of sp³-hybridized carbons (Fsp3) is 0.562. The molecule has 0 radical (unpaired) electrons. The summed E-state index contributed by atoms with van der Waals surface area (Å²) in [5.74, 6) is 0.370. The van der Waals surface area contributed by atoms with E-state index >= 15 is 0 Å². The summed E-state index contributed by atoms with van der Waals surface area (Å²) in [6.07, 6.45) is 2.38. The smallest absolute Gasteiger partial charge is 0.223 e. The third kappa shape index (κ3) is 5.01. The molecule has 1 aliphatic heterocycles. The second-order valence-electron chi connectivity index (χ2n) is 5.37. The van der Waals surface area contributed by atoms with Gasteiger partial charge in [0.25, 0.3) is 0 Å². The Morgan fingerprint density at radius 2 is 2.24 bits per heavy atom. The van der Waals surface area contributed by atoms with Crippen molar-refractivity contribution in [2.45, 2.75) is 32.3 Å². The number of ether oxygens (including phenoxy) is 1. The third-order valence-electron chi connectivity index (χ3n) is 3.77. The molecule has 5 heteroatoms. The van der Waals surface area contributed by atoms with Crippen LogP contribution in [0.4, 0.5) is 4.39 Å². The number of piperidine rings is 1. The van der Waals surface area contributed by atoms with Crippen molar-refractivity contribution in [2.75, 3.05) is 19.6 Å². The molecule has 1 saturated heterocycles. The molecular weight excluding hydrogens is 271 g/mol. The van der Waals surface area contributed by atoms with E-state index < -0.39 is 0 Å². The number of hydrogen-bond donors (Lipinski definition) is 2. The average Bonchev–Trinajstić information content (AvgIpc) is 2.52. The van der Waals surface area contributed by atoms with Crippen molar-refractivity contribution in [2.24, 2.45) is 5.92 Å². The van der Waals surface area contributed by atoms with Crippen LogP contribution >= 0.6 is 0 Å². The van der Waals surface area contributed by atoms with Gasteiger partial charge < -0.3 is 15.4 Å². The lowest BCUT2D eigenvalue weighted by Crippen LogP contribution is -2.41. The first kappa shape index (κ1) is 15.8. The largest absolute Gasteiger partial charge is 0.489 e. The monoisotopic (exact) mass is 294 g/mol. The number of rotatable bonds is 6. The van der Waals surface area contributed by atoms with Gasteiger partial charge in [-0.05, 0) is 44.5 Å². The summed E-state index contributed by atoms with van der Waals surface area (Å²) in [7, 11) is 0. The summed E-state index contributed by atoms with van der Waals surface area (Å²) >= 11 is 0. The second kappa shape index (κ2) is 7.98. The Bertz CT molecular complexity index is 461. The average molecular weight is 294 g/mol. The SMILES string of the molecule is CCC(CNC(=O)C1CCNCC1)Oc1cccc(F)c1. The maximum absolute atomic E-state index is 13.1. The van der Waals surface area contributed by atoms with Gasteiger partial charge >= 0.3 is 0 Å².